The van der Waals surface area contributed by atoms with Gasteiger partial charge in [-0.3, -0.25) is 0 Å². The molecule has 1 heterocycles. The quantitative estimate of drug-likeness (QED) is 0.767. The van der Waals surface area contributed by atoms with Crippen molar-refractivity contribution in [1.82, 2.24) is 14.8 Å². The second-order valence-corrected chi connectivity index (χ2v) is 4.72. The van der Waals surface area contributed by atoms with Crippen LogP contribution in [0.3, 0.4) is 0 Å². The Labute approximate surface area is 121 Å². The van der Waals surface area contributed by atoms with Crippen LogP contribution in [0.1, 0.15) is 16.2 Å². The molecule has 0 amide bonds. The van der Waals surface area contributed by atoms with Gasteiger partial charge in [0.05, 0.1) is 12.1 Å². The number of fused-ring (bicyclic) bond motifs is 1. The van der Waals surface area contributed by atoms with Gasteiger partial charge in [0, 0.05) is 18.1 Å². The highest BCUT2D eigenvalue weighted by Crippen LogP contribution is 2.27. The van der Waals surface area contributed by atoms with Crippen molar-refractivity contribution in [3.05, 3.63) is 54.1 Å². The topological polar surface area (TPSA) is 80.0 Å². The second-order valence-electron chi connectivity index (χ2n) is 4.72. The monoisotopic (exact) mass is 282 g/mol. The van der Waals surface area contributed by atoms with Crippen molar-refractivity contribution >= 4 is 22.4 Å². The highest BCUT2D eigenvalue weighted by Gasteiger charge is 2.11. The van der Waals surface area contributed by atoms with Crippen LogP contribution in [-0.2, 0) is 13.6 Å². The molecule has 2 aromatic carbocycles. The minimum Gasteiger partial charge on any atom is -0.478 e. The first kappa shape index (κ1) is 13.1. The van der Waals surface area contributed by atoms with Crippen molar-refractivity contribution in [2.75, 3.05) is 5.32 Å². The Hall–Kier alpha value is -2.89. The SMILES string of the molecule is Cn1cnnc1CNc1ccc(C(=O)O)c2ccccc12. The number of aryl methyl sites for hydroxylation is 1. The molecule has 0 aliphatic carbocycles. The van der Waals surface area contributed by atoms with Crippen LogP contribution in [0, 0.1) is 0 Å². The number of benzene rings is 2. The van der Waals surface area contributed by atoms with E-state index in [0.29, 0.717) is 17.5 Å². The Morgan fingerprint density at radius 1 is 1.24 bits per heavy atom. The summed E-state index contributed by atoms with van der Waals surface area (Å²) in [6.07, 6.45) is 1.64. The minimum atomic E-state index is -0.925. The number of carbonyl (C=O) groups is 1. The predicted octanol–water partition coefficient (Wildman–Crippen LogP) is 2.28. The summed E-state index contributed by atoms with van der Waals surface area (Å²) in [6.45, 7) is 0.521. The van der Waals surface area contributed by atoms with Gasteiger partial charge >= 0.3 is 5.97 Å². The van der Waals surface area contributed by atoms with E-state index in [1.165, 1.54) is 0 Å². The first-order valence-electron chi connectivity index (χ1n) is 6.48. The highest BCUT2D eigenvalue weighted by atomic mass is 16.4. The van der Waals surface area contributed by atoms with Gasteiger partial charge in [-0.15, -0.1) is 10.2 Å². The standard InChI is InChI=1S/C15H14N4O2/c1-19-9-17-18-14(19)8-16-13-7-6-12(15(20)21)10-4-2-3-5-11(10)13/h2-7,9,16H,8H2,1H3,(H,20,21). The molecule has 3 rings (SSSR count). The Kier molecular flexibility index (Phi) is 3.27. The maximum atomic E-state index is 11.3. The fourth-order valence-electron chi connectivity index (χ4n) is 2.28. The molecule has 0 radical (unpaired) electrons. The summed E-state index contributed by atoms with van der Waals surface area (Å²) in [5.74, 6) is -0.118. The van der Waals surface area contributed by atoms with E-state index in [1.54, 1.807) is 18.5 Å². The molecule has 0 fully saturated rings. The number of carboxylic acid groups (broad SMARTS) is 1. The average Bonchev–Trinajstić information content (AvgIpc) is 2.89. The smallest absolute Gasteiger partial charge is 0.336 e. The van der Waals surface area contributed by atoms with Gasteiger partial charge in [-0.2, -0.15) is 0 Å². The van der Waals surface area contributed by atoms with Crippen molar-refractivity contribution in [2.24, 2.45) is 7.05 Å². The number of nitrogens with one attached hydrogen (secondary N) is 1. The van der Waals surface area contributed by atoms with Crippen LogP contribution in [0.2, 0.25) is 0 Å². The molecule has 106 valence electrons. The van der Waals surface area contributed by atoms with Gasteiger partial charge in [0.25, 0.3) is 0 Å². The number of nitrogens with zero attached hydrogens (tertiary/aromatic N) is 3. The fraction of sp³-hybridized carbons (Fsp3) is 0.133. The Balaban J connectivity index is 1.98. The molecule has 0 aliphatic rings. The lowest BCUT2D eigenvalue weighted by Crippen LogP contribution is -2.07. The summed E-state index contributed by atoms with van der Waals surface area (Å²) < 4.78 is 1.83. The van der Waals surface area contributed by atoms with Crippen LogP contribution in [0.25, 0.3) is 10.8 Å². The lowest BCUT2D eigenvalue weighted by Gasteiger charge is -2.11. The third-order valence-electron chi connectivity index (χ3n) is 3.40. The minimum absolute atomic E-state index is 0.301. The third-order valence-corrected chi connectivity index (χ3v) is 3.40. The zero-order valence-electron chi connectivity index (χ0n) is 11.4. The molecule has 6 nitrogen and oxygen atoms in total. The lowest BCUT2D eigenvalue weighted by atomic mass is 10.0. The molecule has 0 unspecified atom stereocenters. The summed E-state index contributed by atoms with van der Waals surface area (Å²) in [4.78, 5) is 11.3. The second kappa shape index (κ2) is 5.24. The zero-order chi connectivity index (χ0) is 14.8. The van der Waals surface area contributed by atoms with Crippen LogP contribution in [0.4, 0.5) is 5.69 Å². The van der Waals surface area contributed by atoms with Gasteiger partial charge in [0.2, 0.25) is 0 Å². The van der Waals surface area contributed by atoms with Gasteiger partial charge in [-0.25, -0.2) is 4.79 Å². The van der Waals surface area contributed by atoms with Gasteiger partial charge < -0.3 is 15.0 Å². The largest absolute Gasteiger partial charge is 0.478 e. The summed E-state index contributed by atoms with van der Waals surface area (Å²) in [5.41, 5.74) is 1.17. The number of aromatic carboxylic acids is 1. The molecule has 0 bridgehead atoms. The van der Waals surface area contributed by atoms with Crippen molar-refractivity contribution in [3.8, 4) is 0 Å². The molecular weight excluding hydrogens is 268 g/mol. The Morgan fingerprint density at radius 2 is 2.00 bits per heavy atom. The van der Waals surface area contributed by atoms with Crippen LogP contribution in [0.5, 0.6) is 0 Å². The molecule has 1 aromatic heterocycles. The number of anilines is 1. The summed E-state index contributed by atoms with van der Waals surface area (Å²) in [7, 11) is 1.88. The van der Waals surface area contributed by atoms with Crippen LogP contribution in [0.15, 0.2) is 42.7 Å². The summed E-state index contributed by atoms with van der Waals surface area (Å²) in [6, 6.07) is 10.8. The Morgan fingerprint density at radius 3 is 2.67 bits per heavy atom. The van der Waals surface area contributed by atoms with Gasteiger partial charge in [0.15, 0.2) is 5.82 Å². The number of rotatable bonds is 4. The Bertz CT molecular complexity index is 810. The summed E-state index contributed by atoms with van der Waals surface area (Å²) >= 11 is 0. The number of hydrogen-bond donors (Lipinski definition) is 2. The normalized spacial score (nSPS) is 10.7. The van der Waals surface area contributed by atoms with E-state index >= 15 is 0 Å². The molecule has 0 atom stereocenters. The zero-order valence-corrected chi connectivity index (χ0v) is 11.4. The van der Waals surface area contributed by atoms with Crippen LogP contribution >= 0.6 is 0 Å². The fourth-order valence-corrected chi connectivity index (χ4v) is 2.28. The van der Waals surface area contributed by atoms with Crippen molar-refractivity contribution in [3.63, 3.8) is 0 Å². The van der Waals surface area contributed by atoms with Gasteiger partial charge in [-0.05, 0) is 17.5 Å². The van der Waals surface area contributed by atoms with Crippen LogP contribution in [-0.4, -0.2) is 25.8 Å². The summed E-state index contributed by atoms with van der Waals surface area (Å²) in [5, 5.41) is 22.0. The number of aromatic nitrogens is 3. The maximum Gasteiger partial charge on any atom is 0.336 e. The lowest BCUT2D eigenvalue weighted by molar-refractivity contribution is 0.0699. The molecule has 6 heteroatoms. The number of carboxylic acids is 1. The third kappa shape index (κ3) is 2.43. The first-order valence-corrected chi connectivity index (χ1v) is 6.48. The van der Waals surface area contributed by atoms with E-state index < -0.39 is 5.97 Å². The van der Waals surface area contributed by atoms with E-state index in [2.05, 4.69) is 15.5 Å². The van der Waals surface area contributed by atoms with Crippen molar-refractivity contribution < 1.29 is 9.90 Å². The van der Waals surface area contributed by atoms with E-state index in [0.717, 1.165) is 16.9 Å². The molecule has 0 aliphatic heterocycles. The van der Waals surface area contributed by atoms with Crippen LogP contribution < -0.4 is 5.32 Å². The van der Waals surface area contributed by atoms with E-state index in [9.17, 15) is 9.90 Å². The molecule has 21 heavy (non-hydrogen) atoms. The van der Waals surface area contributed by atoms with Crippen molar-refractivity contribution in [1.29, 1.82) is 0 Å². The molecule has 3 aromatic rings. The molecule has 0 spiro atoms. The molecular formula is C15H14N4O2. The van der Waals surface area contributed by atoms with E-state index in [4.69, 9.17) is 0 Å². The predicted molar refractivity (Wildman–Crippen MR) is 79.2 cm³/mol. The average molecular weight is 282 g/mol. The van der Waals surface area contributed by atoms with Crippen molar-refractivity contribution in [2.45, 2.75) is 6.54 Å². The highest BCUT2D eigenvalue weighted by molar-refractivity contribution is 6.07. The van der Waals surface area contributed by atoms with Gasteiger partial charge in [0.1, 0.15) is 6.33 Å². The first-order chi connectivity index (χ1) is 10.2. The molecule has 2 N–H and O–H groups in total. The van der Waals surface area contributed by atoms with Gasteiger partial charge in [-0.1, -0.05) is 24.3 Å². The van der Waals surface area contributed by atoms with E-state index in [1.807, 2.05) is 35.9 Å². The maximum absolute atomic E-state index is 11.3. The molecule has 0 saturated heterocycles. The molecule has 0 saturated carbocycles. The number of hydrogen-bond acceptors (Lipinski definition) is 4. The van der Waals surface area contributed by atoms with E-state index in [-0.39, 0.29) is 0 Å².